The third kappa shape index (κ3) is 3.56. The van der Waals surface area contributed by atoms with Gasteiger partial charge in [0.25, 0.3) is 0 Å². The average molecular weight is 233 g/mol. The zero-order valence-corrected chi connectivity index (χ0v) is 10.3. The van der Waals surface area contributed by atoms with Crippen molar-refractivity contribution in [3.63, 3.8) is 0 Å². The molecule has 0 bridgehead atoms. The Morgan fingerprint density at radius 3 is 2.53 bits per heavy atom. The highest BCUT2D eigenvalue weighted by Gasteiger charge is 2.16. The van der Waals surface area contributed by atoms with Crippen molar-refractivity contribution in [2.24, 2.45) is 0 Å². The van der Waals surface area contributed by atoms with Gasteiger partial charge in [-0.2, -0.15) is 0 Å². The van der Waals surface area contributed by atoms with E-state index in [1.54, 1.807) is 0 Å². The summed E-state index contributed by atoms with van der Waals surface area (Å²) in [6.07, 6.45) is 1.43. The maximum absolute atomic E-state index is 11.9. The predicted octanol–water partition coefficient (Wildman–Crippen LogP) is 1.79. The van der Waals surface area contributed by atoms with Crippen LogP contribution in [0.1, 0.15) is 17.5 Å². The molecule has 0 atom stereocenters. The first-order valence-electron chi connectivity index (χ1n) is 6.17. The van der Waals surface area contributed by atoms with Gasteiger partial charge in [0.2, 0.25) is 5.91 Å². The molecule has 1 aliphatic heterocycles. The normalized spacial score (nSPS) is 15.9. The Labute approximate surface area is 102 Å². The van der Waals surface area contributed by atoms with Crippen molar-refractivity contribution in [3.8, 4) is 0 Å². The largest absolute Gasteiger partial charge is 0.378 e. The molecule has 1 saturated heterocycles. The van der Waals surface area contributed by atoms with E-state index in [1.807, 2.05) is 4.90 Å². The minimum Gasteiger partial charge on any atom is -0.378 e. The van der Waals surface area contributed by atoms with E-state index in [1.165, 1.54) is 11.1 Å². The highest BCUT2D eigenvalue weighted by molar-refractivity contribution is 5.76. The number of hydrogen-bond donors (Lipinski definition) is 0. The molecule has 92 valence electrons. The van der Waals surface area contributed by atoms with Gasteiger partial charge in [-0.25, -0.2) is 0 Å². The minimum atomic E-state index is 0.244. The van der Waals surface area contributed by atoms with E-state index in [9.17, 15) is 4.79 Å². The average Bonchev–Trinajstić information content (AvgIpc) is 2.39. The molecule has 0 spiro atoms. The van der Waals surface area contributed by atoms with E-state index in [0.717, 1.165) is 19.5 Å². The molecule has 0 N–H and O–H groups in total. The second kappa shape index (κ2) is 5.82. The first kappa shape index (κ1) is 12.1. The van der Waals surface area contributed by atoms with Gasteiger partial charge in [0, 0.05) is 19.5 Å². The number of rotatable bonds is 3. The van der Waals surface area contributed by atoms with Gasteiger partial charge in [-0.3, -0.25) is 4.79 Å². The van der Waals surface area contributed by atoms with Crippen LogP contribution in [0.5, 0.6) is 0 Å². The first-order valence-corrected chi connectivity index (χ1v) is 6.17. The quantitative estimate of drug-likeness (QED) is 0.796. The summed E-state index contributed by atoms with van der Waals surface area (Å²) in [5.41, 5.74) is 2.49. The number of hydrogen-bond acceptors (Lipinski definition) is 2. The summed E-state index contributed by atoms with van der Waals surface area (Å²) in [6.45, 7) is 4.91. The molecule has 1 heterocycles. The minimum absolute atomic E-state index is 0.244. The first-order chi connectivity index (χ1) is 8.25. The summed E-state index contributed by atoms with van der Waals surface area (Å²) < 4.78 is 5.23. The molecule has 0 radical (unpaired) electrons. The van der Waals surface area contributed by atoms with Crippen molar-refractivity contribution >= 4 is 5.91 Å². The van der Waals surface area contributed by atoms with Crippen LogP contribution in [0.2, 0.25) is 0 Å². The van der Waals surface area contributed by atoms with Crippen LogP contribution in [0.25, 0.3) is 0 Å². The molecule has 0 saturated carbocycles. The number of amides is 1. The number of nitrogens with zero attached hydrogens (tertiary/aromatic N) is 1. The molecule has 2 rings (SSSR count). The van der Waals surface area contributed by atoms with Gasteiger partial charge in [0.1, 0.15) is 0 Å². The van der Waals surface area contributed by atoms with Crippen LogP contribution < -0.4 is 0 Å². The molecular formula is C14H19NO2. The summed E-state index contributed by atoms with van der Waals surface area (Å²) >= 11 is 0. The van der Waals surface area contributed by atoms with Crippen LogP contribution in [0.3, 0.4) is 0 Å². The Morgan fingerprint density at radius 1 is 1.24 bits per heavy atom. The van der Waals surface area contributed by atoms with E-state index < -0.39 is 0 Å². The van der Waals surface area contributed by atoms with Gasteiger partial charge in [0.05, 0.1) is 13.2 Å². The SMILES string of the molecule is Cc1ccc(CCC(=O)N2CCOCC2)cc1. The lowest BCUT2D eigenvalue weighted by atomic mass is 10.1. The molecule has 1 aliphatic rings. The fraction of sp³-hybridized carbons (Fsp3) is 0.500. The van der Waals surface area contributed by atoms with Crippen molar-refractivity contribution in [2.45, 2.75) is 19.8 Å². The van der Waals surface area contributed by atoms with Gasteiger partial charge in [-0.05, 0) is 18.9 Å². The van der Waals surface area contributed by atoms with Crippen molar-refractivity contribution < 1.29 is 9.53 Å². The molecular weight excluding hydrogens is 214 g/mol. The maximum atomic E-state index is 11.9. The summed E-state index contributed by atoms with van der Waals surface area (Å²) in [7, 11) is 0. The number of carbonyl (C=O) groups excluding carboxylic acids is 1. The lowest BCUT2D eigenvalue weighted by Crippen LogP contribution is -2.40. The Balaban J connectivity index is 1.81. The third-order valence-corrected chi connectivity index (χ3v) is 3.11. The Kier molecular flexibility index (Phi) is 4.15. The fourth-order valence-corrected chi connectivity index (χ4v) is 1.98. The molecule has 0 aromatic heterocycles. The Morgan fingerprint density at radius 2 is 1.88 bits per heavy atom. The van der Waals surface area contributed by atoms with Crippen LogP contribution in [0, 0.1) is 6.92 Å². The van der Waals surface area contributed by atoms with Crippen molar-refractivity contribution in [2.75, 3.05) is 26.3 Å². The van der Waals surface area contributed by atoms with E-state index in [4.69, 9.17) is 4.74 Å². The second-order valence-corrected chi connectivity index (χ2v) is 4.48. The third-order valence-electron chi connectivity index (χ3n) is 3.11. The van der Waals surface area contributed by atoms with Gasteiger partial charge < -0.3 is 9.64 Å². The van der Waals surface area contributed by atoms with E-state index in [0.29, 0.717) is 19.6 Å². The molecule has 0 unspecified atom stereocenters. The van der Waals surface area contributed by atoms with Gasteiger partial charge in [-0.1, -0.05) is 29.8 Å². The lowest BCUT2D eigenvalue weighted by Gasteiger charge is -2.26. The van der Waals surface area contributed by atoms with Crippen LogP contribution in [-0.4, -0.2) is 37.1 Å². The summed E-state index contributed by atoms with van der Waals surface area (Å²) in [6, 6.07) is 8.38. The zero-order chi connectivity index (χ0) is 12.1. The highest BCUT2D eigenvalue weighted by Crippen LogP contribution is 2.08. The monoisotopic (exact) mass is 233 g/mol. The van der Waals surface area contributed by atoms with Crippen molar-refractivity contribution in [1.29, 1.82) is 0 Å². The molecule has 1 fully saturated rings. The van der Waals surface area contributed by atoms with E-state index in [-0.39, 0.29) is 5.91 Å². The van der Waals surface area contributed by atoms with Crippen molar-refractivity contribution in [1.82, 2.24) is 4.90 Å². The number of ether oxygens (including phenoxy) is 1. The lowest BCUT2D eigenvalue weighted by molar-refractivity contribution is -0.135. The molecule has 1 amide bonds. The van der Waals surface area contributed by atoms with Crippen LogP contribution in [0.15, 0.2) is 24.3 Å². The van der Waals surface area contributed by atoms with Crippen LogP contribution in [0.4, 0.5) is 0 Å². The number of aryl methyl sites for hydroxylation is 2. The van der Waals surface area contributed by atoms with Gasteiger partial charge in [0.15, 0.2) is 0 Å². The van der Waals surface area contributed by atoms with Crippen molar-refractivity contribution in [3.05, 3.63) is 35.4 Å². The topological polar surface area (TPSA) is 29.5 Å². The number of benzene rings is 1. The second-order valence-electron chi connectivity index (χ2n) is 4.48. The molecule has 1 aromatic rings. The molecule has 3 nitrogen and oxygen atoms in total. The molecule has 17 heavy (non-hydrogen) atoms. The summed E-state index contributed by atoms with van der Waals surface area (Å²) in [4.78, 5) is 13.8. The Hall–Kier alpha value is -1.35. The van der Waals surface area contributed by atoms with Gasteiger partial charge >= 0.3 is 0 Å². The van der Waals surface area contributed by atoms with Crippen LogP contribution in [-0.2, 0) is 16.0 Å². The standard InChI is InChI=1S/C14H19NO2/c1-12-2-4-13(5-3-12)6-7-14(16)15-8-10-17-11-9-15/h2-5H,6-11H2,1H3. The summed E-state index contributed by atoms with van der Waals surface area (Å²) in [5, 5.41) is 0. The van der Waals surface area contributed by atoms with E-state index in [2.05, 4.69) is 31.2 Å². The number of morpholine rings is 1. The fourth-order valence-electron chi connectivity index (χ4n) is 1.98. The highest BCUT2D eigenvalue weighted by atomic mass is 16.5. The summed E-state index contributed by atoms with van der Waals surface area (Å²) in [5.74, 6) is 0.244. The van der Waals surface area contributed by atoms with Crippen LogP contribution >= 0.6 is 0 Å². The predicted molar refractivity (Wildman–Crippen MR) is 66.9 cm³/mol. The molecule has 0 aliphatic carbocycles. The van der Waals surface area contributed by atoms with Gasteiger partial charge in [-0.15, -0.1) is 0 Å². The smallest absolute Gasteiger partial charge is 0.223 e. The van der Waals surface area contributed by atoms with E-state index >= 15 is 0 Å². The zero-order valence-electron chi connectivity index (χ0n) is 10.3. The number of carbonyl (C=O) groups is 1. The molecule has 3 heteroatoms. The Bertz CT molecular complexity index is 366. The molecule has 1 aromatic carbocycles. The maximum Gasteiger partial charge on any atom is 0.223 e.